The van der Waals surface area contributed by atoms with Gasteiger partial charge in [0.05, 0.1) is 24.0 Å². The summed E-state index contributed by atoms with van der Waals surface area (Å²) in [5, 5.41) is 3.55. The predicted molar refractivity (Wildman–Crippen MR) is 81.9 cm³/mol. The van der Waals surface area contributed by atoms with E-state index >= 15 is 0 Å². The van der Waals surface area contributed by atoms with Crippen molar-refractivity contribution in [3.05, 3.63) is 23.8 Å². The van der Waals surface area contributed by atoms with E-state index in [-0.39, 0.29) is 11.4 Å². The van der Waals surface area contributed by atoms with Crippen molar-refractivity contribution in [2.45, 2.75) is 45.6 Å². The van der Waals surface area contributed by atoms with Gasteiger partial charge in [-0.05, 0) is 36.5 Å². The third-order valence-corrected chi connectivity index (χ3v) is 4.31. The van der Waals surface area contributed by atoms with Crippen LogP contribution in [0.1, 0.15) is 49.9 Å². The van der Waals surface area contributed by atoms with Crippen molar-refractivity contribution in [2.75, 3.05) is 18.2 Å². The molecule has 0 amide bonds. The number of hydrogen-bond donors (Lipinski definition) is 2. The number of nitrogens with two attached hydrogens (primary N) is 1. The minimum absolute atomic E-state index is 0.270. The van der Waals surface area contributed by atoms with Gasteiger partial charge in [-0.1, -0.05) is 26.7 Å². The van der Waals surface area contributed by atoms with Gasteiger partial charge in [-0.15, -0.1) is 0 Å². The van der Waals surface area contributed by atoms with Gasteiger partial charge < -0.3 is 15.8 Å². The van der Waals surface area contributed by atoms with E-state index in [4.69, 9.17) is 10.5 Å². The van der Waals surface area contributed by atoms with Crippen LogP contribution in [0.15, 0.2) is 18.2 Å². The van der Waals surface area contributed by atoms with Crippen molar-refractivity contribution in [1.82, 2.24) is 0 Å². The predicted octanol–water partition coefficient (Wildman–Crippen LogP) is 3.44. The lowest BCUT2D eigenvalue weighted by atomic mass is 9.73. The van der Waals surface area contributed by atoms with Gasteiger partial charge in [0.15, 0.2) is 0 Å². The molecule has 20 heavy (non-hydrogen) atoms. The fraction of sp³-hybridized carbons (Fsp3) is 0.562. The topological polar surface area (TPSA) is 64.3 Å². The summed E-state index contributed by atoms with van der Waals surface area (Å²) in [4.78, 5) is 11.5. The second-order valence-electron chi connectivity index (χ2n) is 6.22. The van der Waals surface area contributed by atoms with Gasteiger partial charge in [0.1, 0.15) is 0 Å². The summed E-state index contributed by atoms with van der Waals surface area (Å²) in [5.41, 5.74) is 8.30. The first-order valence-corrected chi connectivity index (χ1v) is 7.18. The lowest BCUT2D eigenvalue weighted by molar-refractivity contribution is 0.0601. The highest BCUT2D eigenvalue weighted by Gasteiger charge is 2.32. The molecule has 1 saturated carbocycles. The first kappa shape index (κ1) is 14.7. The molecule has 0 spiro atoms. The first-order valence-electron chi connectivity index (χ1n) is 7.18. The van der Waals surface area contributed by atoms with Crippen LogP contribution in [0.3, 0.4) is 0 Å². The van der Waals surface area contributed by atoms with Crippen molar-refractivity contribution >= 4 is 17.3 Å². The van der Waals surface area contributed by atoms with Gasteiger partial charge in [0, 0.05) is 6.04 Å². The summed E-state index contributed by atoms with van der Waals surface area (Å²) in [7, 11) is 1.37. The third-order valence-electron chi connectivity index (χ3n) is 4.31. The highest BCUT2D eigenvalue weighted by Crippen LogP contribution is 2.38. The molecule has 0 aromatic heterocycles. The van der Waals surface area contributed by atoms with Crippen LogP contribution >= 0.6 is 0 Å². The van der Waals surface area contributed by atoms with E-state index in [1.165, 1.54) is 26.4 Å². The molecule has 2 rings (SSSR count). The number of anilines is 2. The van der Waals surface area contributed by atoms with Crippen LogP contribution in [0, 0.1) is 5.41 Å². The molecule has 1 aromatic rings. The standard InChI is InChI=1S/C16H24N2O2/c1-16(2)9-5-4-6-14(16)18-13-8-7-11(10-12(13)17)15(19)20-3/h7-8,10,14,18H,4-6,9,17H2,1-3H3. The van der Waals surface area contributed by atoms with Crippen molar-refractivity contribution < 1.29 is 9.53 Å². The highest BCUT2D eigenvalue weighted by atomic mass is 16.5. The van der Waals surface area contributed by atoms with Gasteiger partial charge in [0.25, 0.3) is 0 Å². The number of nitrogen functional groups attached to an aromatic ring is 1. The molecule has 1 aliphatic carbocycles. The Morgan fingerprint density at radius 3 is 2.75 bits per heavy atom. The molecule has 0 bridgehead atoms. The Morgan fingerprint density at radius 1 is 1.40 bits per heavy atom. The summed E-state index contributed by atoms with van der Waals surface area (Å²) in [6.07, 6.45) is 4.93. The largest absolute Gasteiger partial charge is 0.465 e. The van der Waals surface area contributed by atoms with Crippen molar-refractivity contribution in [3.8, 4) is 0 Å². The molecule has 1 atom stereocenters. The maximum atomic E-state index is 11.5. The molecule has 110 valence electrons. The Morgan fingerprint density at radius 2 is 2.15 bits per heavy atom. The fourth-order valence-corrected chi connectivity index (χ4v) is 2.89. The van der Waals surface area contributed by atoms with Crippen LogP contribution in [0.25, 0.3) is 0 Å². The van der Waals surface area contributed by atoms with Gasteiger partial charge >= 0.3 is 5.97 Å². The number of ether oxygens (including phenoxy) is 1. The molecule has 1 aromatic carbocycles. The molecule has 1 aliphatic rings. The van der Waals surface area contributed by atoms with Gasteiger partial charge in [-0.3, -0.25) is 0 Å². The van der Waals surface area contributed by atoms with E-state index in [9.17, 15) is 4.79 Å². The van der Waals surface area contributed by atoms with E-state index in [0.29, 0.717) is 17.3 Å². The number of carbonyl (C=O) groups is 1. The van der Waals surface area contributed by atoms with E-state index in [1.807, 2.05) is 6.07 Å². The number of hydrogen-bond acceptors (Lipinski definition) is 4. The Bertz CT molecular complexity index is 497. The minimum Gasteiger partial charge on any atom is -0.465 e. The molecule has 4 nitrogen and oxygen atoms in total. The van der Waals surface area contributed by atoms with E-state index in [2.05, 4.69) is 19.2 Å². The maximum Gasteiger partial charge on any atom is 0.337 e. The maximum absolute atomic E-state index is 11.5. The Labute approximate surface area is 120 Å². The van der Waals surface area contributed by atoms with Crippen LogP contribution in [0.5, 0.6) is 0 Å². The summed E-state index contributed by atoms with van der Waals surface area (Å²) in [5.74, 6) is -0.360. The van der Waals surface area contributed by atoms with Crippen molar-refractivity contribution in [1.29, 1.82) is 0 Å². The second-order valence-corrected chi connectivity index (χ2v) is 6.22. The van der Waals surface area contributed by atoms with E-state index < -0.39 is 0 Å². The number of methoxy groups -OCH3 is 1. The number of benzene rings is 1. The summed E-state index contributed by atoms with van der Waals surface area (Å²) in [6, 6.07) is 5.71. The number of nitrogens with one attached hydrogen (secondary N) is 1. The number of rotatable bonds is 3. The Hall–Kier alpha value is -1.71. The smallest absolute Gasteiger partial charge is 0.337 e. The van der Waals surface area contributed by atoms with E-state index in [1.54, 1.807) is 12.1 Å². The first-order chi connectivity index (χ1) is 9.44. The fourth-order valence-electron chi connectivity index (χ4n) is 2.89. The molecular formula is C16H24N2O2. The zero-order valence-electron chi connectivity index (χ0n) is 12.5. The lowest BCUT2D eigenvalue weighted by Crippen LogP contribution is -2.39. The molecule has 0 radical (unpaired) electrons. The SMILES string of the molecule is COC(=O)c1ccc(NC2CCCCC2(C)C)c(N)c1. The summed E-state index contributed by atoms with van der Waals surface area (Å²) >= 11 is 0. The zero-order chi connectivity index (χ0) is 14.8. The molecule has 0 heterocycles. The minimum atomic E-state index is -0.360. The van der Waals surface area contributed by atoms with Crippen LogP contribution in [0.2, 0.25) is 0 Å². The second kappa shape index (κ2) is 5.73. The van der Waals surface area contributed by atoms with Gasteiger partial charge in [-0.2, -0.15) is 0 Å². The quantitative estimate of drug-likeness (QED) is 0.655. The van der Waals surface area contributed by atoms with Gasteiger partial charge in [0.2, 0.25) is 0 Å². The number of esters is 1. The molecule has 1 unspecified atom stereocenters. The van der Waals surface area contributed by atoms with Crippen LogP contribution in [-0.4, -0.2) is 19.1 Å². The monoisotopic (exact) mass is 276 g/mol. The molecule has 4 heteroatoms. The molecule has 0 saturated heterocycles. The normalized spacial score (nSPS) is 21.2. The van der Waals surface area contributed by atoms with Crippen LogP contribution in [-0.2, 0) is 4.74 Å². The molecular weight excluding hydrogens is 252 g/mol. The third kappa shape index (κ3) is 3.06. The van der Waals surface area contributed by atoms with Crippen LogP contribution in [0.4, 0.5) is 11.4 Å². The summed E-state index contributed by atoms with van der Waals surface area (Å²) in [6.45, 7) is 4.59. The van der Waals surface area contributed by atoms with Crippen molar-refractivity contribution in [2.24, 2.45) is 5.41 Å². The average Bonchev–Trinajstić information content (AvgIpc) is 2.42. The van der Waals surface area contributed by atoms with E-state index in [0.717, 1.165) is 12.1 Å². The molecule has 1 fully saturated rings. The average molecular weight is 276 g/mol. The number of carbonyl (C=O) groups excluding carboxylic acids is 1. The molecule has 3 N–H and O–H groups in total. The summed E-state index contributed by atoms with van der Waals surface area (Å²) < 4.78 is 4.70. The Balaban J connectivity index is 2.15. The van der Waals surface area contributed by atoms with Crippen molar-refractivity contribution in [3.63, 3.8) is 0 Å². The zero-order valence-corrected chi connectivity index (χ0v) is 12.5. The Kier molecular flexibility index (Phi) is 4.21. The lowest BCUT2D eigenvalue weighted by Gasteiger charge is -2.39. The van der Waals surface area contributed by atoms with Gasteiger partial charge in [-0.25, -0.2) is 4.79 Å². The molecule has 0 aliphatic heterocycles. The van der Waals surface area contributed by atoms with Crippen LogP contribution < -0.4 is 11.1 Å². The highest BCUT2D eigenvalue weighted by molar-refractivity contribution is 5.91.